The minimum absolute atomic E-state index is 0. The van der Waals surface area contributed by atoms with E-state index in [9.17, 15) is 9.59 Å². The number of hydrogen-bond donors (Lipinski definition) is 2. The first kappa shape index (κ1) is 24.4. The smallest absolute Gasteiger partial charge is 0.233 e. The lowest BCUT2D eigenvalue weighted by atomic mass is 9.85. The summed E-state index contributed by atoms with van der Waals surface area (Å²) in [4.78, 5) is 35.4. The van der Waals surface area contributed by atoms with Crippen molar-refractivity contribution in [3.63, 3.8) is 0 Å². The molecule has 1 saturated carbocycles. The number of guanidine groups is 1. The van der Waals surface area contributed by atoms with Crippen molar-refractivity contribution in [2.45, 2.75) is 25.9 Å². The summed E-state index contributed by atoms with van der Waals surface area (Å²) in [5.74, 6) is 1.06. The predicted molar refractivity (Wildman–Crippen MR) is 140 cm³/mol. The van der Waals surface area contributed by atoms with Crippen LogP contribution in [0.2, 0.25) is 0 Å². The Kier molecular flexibility index (Phi) is 7.70. The first-order valence-corrected chi connectivity index (χ1v) is 11.7. The number of rotatable bonds is 8. The third-order valence-corrected chi connectivity index (χ3v) is 7.01. The number of allylic oxidation sites excluding steroid dienone is 2. The lowest BCUT2D eigenvalue weighted by molar-refractivity contribution is -0.140. The maximum absolute atomic E-state index is 12.8. The highest BCUT2D eigenvalue weighted by atomic mass is 127. The van der Waals surface area contributed by atoms with Gasteiger partial charge in [0.1, 0.15) is 0 Å². The van der Waals surface area contributed by atoms with E-state index in [4.69, 9.17) is 0 Å². The van der Waals surface area contributed by atoms with E-state index in [0.29, 0.717) is 32.0 Å². The molecule has 1 aliphatic heterocycles. The molecule has 8 nitrogen and oxygen atoms in total. The Morgan fingerprint density at radius 2 is 1.85 bits per heavy atom. The lowest BCUT2D eigenvalue weighted by Crippen LogP contribution is -2.39. The molecule has 0 spiro atoms. The van der Waals surface area contributed by atoms with Gasteiger partial charge in [-0.15, -0.1) is 24.0 Å². The van der Waals surface area contributed by atoms with Crippen molar-refractivity contribution in [2.24, 2.45) is 28.7 Å². The minimum Gasteiger partial charge on any atom is -0.356 e. The van der Waals surface area contributed by atoms with E-state index in [0.717, 1.165) is 13.0 Å². The third-order valence-electron chi connectivity index (χ3n) is 7.01. The van der Waals surface area contributed by atoms with Crippen LogP contribution >= 0.6 is 24.0 Å². The highest BCUT2D eigenvalue weighted by molar-refractivity contribution is 14.0. The molecule has 1 saturated heterocycles. The molecule has 2 heterocycles. The predicted octanol–water partition coefficient (Wildman–Crippen LogP) is 2.41. The largest absolute Gasteiger partial charge is 0.356 e. The SMILES string of the molecule is CN=C(NCCCN1C(=O)C2C3C=CC(C3)C2C1=O)NCc1cccc(Cn2ccnc2)c1.I. The fourth-order valence-electron chi connectivity index (χ4n) is 5.46. The molecule has 9 heteroatoms. The second-order valence-corrected chi connectivity index (χ2v) is 9.09. The Morgan fingerprint density at radius 3 is 2.53 bits per heavy atom. The summed E-state index contributed by atoms with van der Waals surface area (Å²) in [5.41, 5.74) is 2.38. The Bertz CT molecular complexity index is 1050. The summed E-state index contributed by atoms with van der Waals surface area (Å²) in [6.45, 7) is 2.54. The molecule has 4 unspecified atom stereocenters. The zero-order valence-corrected chi connectivity index (χ0v) is 21.6. The van der Waals surface area contributed by atoms with Crippen molar-refractivity contribution in [2.75, 3.05) is 20.1 Å². The molecule has 2 aromatic rings. The Hall–Kier alpha value is -2.69. The average Bonchev–Trinajstić information content (AvgIpc) is 3.61. The molecule has 0 radical (unpaired) electrons. The molecule has 2 N–H and O–H groups in total. The highest BCUT2D eigenvalue weighted by Gasteiger charge is 2.58. The van der Waals surface area contributed by atoms with Gasteiger partial charge in [-0.3, -0.25) is 19.5 Å². The van der Waals surface area contributed by atoms with Gasteiger partial charge < -0.3 is 15.2 Å². The third kappa shape index (κ3) is 4.89. The number of nitrogens with one attached hydrogen (secondary N) is 2. The van der Waals surface area contributed by atoms with Gasteiger partial charge in [-0.1, -0.05) is 36.4 Å². The first-order valence-electron chi connectivity index (χ1n) is 11.7. The first-order chi connectivity index (χ1) is 16.1. The van der Waals surface area contributed by atoms with Crippen LogP contribution < -0.4 is 10.6 Å². The highest BCUT2D eigenvalue weighted by Crippen LogP contribution is 2.52. The zero-order chi connectivity index (χ0) is 22.8. The van der Waals surface area contributed by atoms with Crippen LogP contribution in [0, 0.1) is 23.7 Å². The Morgan fingerprint density at radius 1 is 1.12 bits per heavy atom. The number of likely N-dealkylation sites (tertiary alicyclic amines) is 1. The monoisotopic (exact) mass is 574 g/mol. The number of imide groups is 1. The summed E-state index contributed by atoms with van der Waals surface area (Å²) >= 11 is 0. The molecule has 180 valence electrons. The van der Waals surface area contributed by atoms with Crippen LogP contribution in [-0.2, 0) is 22.7 Å². The van der Waals surface area contributed by atoms with Crippen molar-refractivity contribution in [3.8, 4) is 0 Å². The zero-order valence-electron chi connectivity index (χ0n) is 19.3. The van der Waals surface area contributed by atoms with Gasteiger partial charge in [0.15, 0.2) is 5.96 Å². The Labute approximate surface area is 216 Å². The van der Waals surface area contributed by atoms with Gasteiger partial charge in [0.05, 0.1) is 18.2 Å². The van der Waals surface area contributed by atoms with E-state index in [1.807, 2.05) is 17.1 Å². The van der Waals surface area contributed by atoms with Gasteiger partial charge in [0.25, 0.3) is 0 Å². The fourth-order valence-corrected chi connectivity index (χ4v) is 5.46. The molecule has 2 amide bonds. The fraction of sp³-hybridized carbons (Fsp3) is 0.440. The van der Waals surface area contributed by atoms with Crippen LogP contribution in [0.15, 0.2) is 60.1 Å². The number of nitrogens with zero attached hydrogens (tertiary/aromatic N) is 4. The van der Waals surface area contributed by atoms with Crippen molar-refractivity contribution in [1.82, 2.24) is 25.1 Å². The van der Waals surface area contributed by atoms with E-state index < -0.39 is 0 Å². The maximum Gasteiger partial charge on any atom is 0.233 e. The molecule has 2 aliphatic carbocycles. The number of aromatic nitrogens is 2. The summed E-state index contributed by atoms with van der Waals surface area (Å²) < 4.78 is 2.04. The number of carbonyl (C=O) groups excluding carboxylic acids is 2. The number of benzene rings is 1. The number of imidazole rings is 1. The second kappa shape index (κ2) is 10.7. The second-order valence-electron chi connectivity index (χ2n) is 9.09. The molecular formula is C25H31IN6O2. The lowest BCUT2D eigenvalue weighted by Gasteiger charge is -2.18. The van der Waals surface area contributed by atoms with Crippen LogP contribution in [0.4, 0.5) is 0 Å². The van der Waals surface area contributed by atoms with E-state index in [1.165, 1.54) is 16.0 Å². The van der Waals surface area contributed by atoms with Crippen LogP contribution in [0.1, 0.15) is 24.0 Å². The summed E-state index contributed by atoms with van der Waals surface area (Å²) in [6, 6.07) is 8.42. The molecule has 4 atom stereocenters. The minimum atomic E-state index is -0.112. The van der Waals surface area contributed by atoms with Crippen molar-refractivity contribution < 1.29 is 9.59 Å². The average molecular weight is 574 g/mol. The summed E-state index contributed by atoms with van der Waals surface area (Å²) in [7, 11) is 1.74. The number of amides is 2. The summed E-state index contributed by atoms with van der Waals surface area (Å²) in [5, 5.41) is 6.62. The van der Waals surface area contributed by atoms with Crippen molar-refractivity contribution in [1.29, 1.82) is 0 Å². The summed E-state index contributed by atoms with van der Waals surface area (Å²) in [6.07, 6.45) is 11.5. The Balaban J connectivity index is 0.00000274. The van der Waals surface area contributed by atoms with Crippen LogP contribution in [0.25, 0.3) is 0 Å². The van der Waals surface area contributed by atoms with Gasteiger partial charge >= 0.3 is 0 Å². The number of hydrogen-bond acceptors (Lipinski definition) is 4. The molecule has 2 fully saturated rings. The molecule has 34 heavy (non-hydrogen) atoms. The number of halogens is 1. The molecular weight excluding hydrogens is 543 g/mol. The molecule has 3 aliphatic rings. The van der Waals surface area contributed by atoms with Crippen LogP contribution in [0.3, 0.4) is 0 Å². The van der Waals surface area contributed by atoms with Gasteiger partial charge in [-0.2, -0.15) is 0 Å². The van der Waals surface area contributed by atoms with Gasteiger partial charge in [0.2, 0.25) is 11.8 Å². The normalized spacial score (nSPS) is 25.0. The maximum atomic E-state index is 12.8. The number of fused-ring (bicyclic) bond motifs is 5. The van der Waals surface area contributed by atoms with Gasteiger partial charge in [0, 0.05) is 45.6 Å². The molecule has 2 bridgehead atoms. The van der Waals surface area contributed by atoms with Gasteiger partial charge in [-0.05, 0) is 35.8 Å². The van der Waals surface area contributed by atoms with Crippen molar-refractivity contribution in [3.05, 3.63) is 66.3 Å². The van der Waals surface area contributed by atoms with Crippen LogP contribution in [-0.4, -0.2) is 52.4 Å². The van der Waals surface area contributed by atoms with Crippen molar-refractivity contribution >= 4 is 41.8 Å². The van der Waals surface area contributed by atoms with Gasteiger partial charge in [-0.25, -0.2) is 4.98 Å². The van der Waals surface area contributed by atoms with E-state index in [2.05, 4.69) is 57.0 Å². The number of aliphatic imine (C=N–C) groups is 1. The number of carbonyl (C=O) groups is 2. The quantitative estimate of drug-likeness (QED) is 0.126. The van der Waals surface area contributed by atoms with E-state index >= 15 is 0 Å². The van der Waals surface area contributed by atoms with E-state index in [1.54, 1.807) is 13.2 Å². The topological polar surface area (TPSA) is 91.6 Å². The molecule has 1 aromatic carbocycles. The molecule has 5 rings (SSSR count). The standard InChI is InChI=1S/C25H30N6O2.HI/c1-26-25(29-14-17-4-2-5-18(12-17)15-30-11-9-27-16-30)28-8-3-10-31-23(32)21-19-6-7-20(13-19)22(21)24(31)33;/h2,4-7,9,11-12,16,19-22H,3,8,10,13-15H2,1H3,(H2,26,28,29);1H. The van der Waals surface area contributed by atoms with E-state index in [-0.39, 0.29) is 59.5 Å². The molecule has 1 aromatic heterocycles. The van der Waals surface area contributed by atoms with Crippen LogP contribution in [0.5, 0.6) is 0 Å².